The first-order chi connectivity index (χ1) is 30.7. The van der Waals surface area contributed by atoms with E-state index >= 15 is 0 Å². The Morgan fingerprint density at radius 1 is 0.290 bits per heavy atom. The fourth-order valence-corrected chi connectivity index (χ4v) is 11.4. The minimum absolute atomic E-state index is 0.343. The largest absolute Gasteiger partial charge is 0.208 e. The van der Waals surface area contributed by atoms with Crippen LogP contribution in [0, 0.1) is 0 Å². The molecular weight excluding hydrogens is 771 g/mol. The van der Waals surface area contributed by atoms with Crippen LogP contribution < -0.4 is 0 Å². The van der Waals surface area contributed by atoms with Crippen molar-refractivity contribution in [3.05, 3.63) is 235 Å². The maximum atomic E-state index is 5.13. The molecule has 0 aliphatic heterocycles. The first-order valence-corrected chi connectivity index (χ1v) is 21.9. The van der Waals surface area contributed by atoms with Gasteiger partial charge < -0.3 is 0 Å². The van der Waals surface area contributed by atoms with Gasteiger partial charge in [-0.15, -0.1) is 11.3 Å². The maximum Gasteiger partial charge on any atom is 0.164 e. The monoisotopic (exact) mass is 805 g/mol. The standard InChI is InChI=1S/C58H35N3S/c1-3-15-36(16-4-1)55-59-56(37-17-5-2-6-18-37)61-57(60-55)45-24-14-28-53-54(45)47-35-41(30-32-52(47)62-53)39-20-13-19-38(33-39)40-29-31-51-46(34-40)44-23-9-12-27-50(44)58(51)48-25-10-7-21-42(48)43-22-8-11-26-49(43)58/h1-35H. The van der Waals surface area contributed by atoms with E-state index in [1.807, 2.05) is 47.7 Å². The summed E-state index contributed by atoms with van der Waals surface area (Å²) in [5.41, 5.74) is 18.0. The predicted octanol–water partition coefficient (Wildman–Crippen LogP) is 14.9. The number of hydrogen-bond donors (Lipinski definition) is 0. The van der Waals surface area contributed by atoms with Gasteiger partial charge in [-0.25, -0.2) is 15.0 Å². The molecule has 2 aromatic heterocycles. The van der Waals surface area contributed by atoms with Crippen LogP contribution in [-0.4, -0.2) is 15.0 Å². The van der Waals surface area contributed by atoms with Crippen molar-refractivity contribution >= 4 is 31.5 Å². The van der Waals surface area contributed by atoms with E-state index in [4.69, 9.17) is 15.0 Å². The van der Waals surface area contributed by atoms with E-state index in [2.05, 4.69) is 176 Å². The van der Waals surface area contributed by atoms with Crippen LogP contribution in [0.15, 0.2) is 212 Å². The molecule has 62 heavy (non-hydrogen) atoms. The van der Waals surface area contributed by atoms with Crippen LogP contribution in [0.4, 0.5) is 0 Å². The SMILES string of the molecule is c1ccc(-c2nc(-c3ccccc3)nc(-c3cccc4sc5ccc(-c6cccc(-c7ccc8c(c7)-c7ccccc7C87c8ccccc8-c8ccccc87)c6)cc5c34)n2)cc1. The summed E-state index contributed by atoms with van der Waals surface area (Å²) in [6, 6.07) is 76.9. The Morgan fingerprint density at radius 3 is 1.37 bits per heavy atom. The molecule has 0 amide bonds. The van der Waals surface area contributed by atoms with Crippen LogP contribution in [0.3, 0.4) is 0 Å². The molecule has 0 radical (unpaired) electrons. The Hall–Kier alpha value is -7.79. The molecule has 0 saturated heterocycles. The molecule has 2 aliphatic carbocycles. The number of benzene rings is 9. The van der Waals surface area contributed by atoms with Crippen molar-refractivity contribution in [1.29, 1.82) is 0 Å². The van der Waals surface area contributed by atoms with Crippen LogP contribution in [0.2, 0.25) is 0 Å². The smallest absolute Gasteiger partial charge is 0.164 e. The van der Waals surface area contributed by atoms with Crippen molar-refractivity contribution in [3.63, 3.8) is 0 Å². The molecular formula is C58H35N3S. The van der Waals surface area contributed by atoms with Crippen LogP contribution in [0.1, 0.15) is 22.3 Å². The van der Waals surface area contributed by atoms with Crippen molar-refractivity contribution in [2.45, 2.75) is 5.41 Å². The van der Waals surface area contributed by atoms with Crippen LogP contribution in [0.5, 0.6) is 0 Å². The highest BCUT2D eigenvalue weighted by molar-refractivity contribution is 7.26. The normalized spacial score (nSPS) is 13.0. The van der Waals surface area contributed by atoms with Crippen LogP contribution in [0.25, 0.3) is 98.8 Å². The van der Waals surface area contributed by atoms with Crippen molar-refractivity contribution in [3.8, 4) is 78.7 Å². The summed E-state index contributed by atoms with van der Waals surface area (Å²) in [6.45, 7) is 0. The number of aromatic nitrogens is 3. The number of fused-ring (bicyclic) bond motifs is 13. The zero-order valence-corrected chi connectivity index (χ0v) is 34.3. The van der Waals surface area contributed by atoms with E-state index in [1.54, 1.807) is 0 Å². The quantitative estimate of drug-likeness (QED) is 0.174. The van der Waals surface area contributed by atoms with Gasteiger partial charge in [0.15, 0.2) is 17.5 Å². The molecule has 0 bridgehead atoms. The fraction of sp³-hybridized carbons (Fsp3) is 0.0172. The summed E-state index contributed by atoms with van der Waals surface area (Å²) in [4.78, 5) is 15.2. The summed E-state index contributed by atoms with van der Waals surface area (Å²) >= 11 is 1.81. The molecule has 4 heteroatoms. The van der Waals surface area contributed by atoms with Gasteiger partial charge in [-0.05, 0) is 97.1 Å². The predicted molar refractivity (Wildman–Crippen MR) is 256 cm³/mol. The fourth-order valence-electron chi connectivity index (χ4n) is 10.3. The third kappa shape index (κ3) is 5.14. The van der Waals surface area contributed by atoms with Gasteiger partial charge in [0.1, 0.15) is 0 Å². The highest BCUT2D eigenvalue weighted by atomic mass is 32.1. The second-order valence-electron chi connectivity index (χ2n) is 16.3. The minimum atomic E-state index is -0.343. The zero-order chi connectivity index (χ0) is 40.8. The van der Waals surface area contributed by atoms with E-state index in [1.165, 1.54) is 81.5 Å². The second kappa shape index (κ2) is 13.6. The maximum absolute atomic E-state index is 5.13. The molecule has 0 fully saturated rings. The third-order valence-corrected chi connectivity index (χ3v) is 14.1. The Balaban J connectivity index is 0.933. The van der Waals surface area contributed by atoms with Crippen molar-refractivity contribution in [2.24, 2.45) is 0 Å². The number of hydrogen-bond acceptors (Lipinski definition) is 4. The van der Waals surface area contributed by atoms with Gasteiger partial charge in [0.2, 0.25) is 0 Å². The number of rotatable bonds is 5. The van der Waals surface area contributed by atoms with Gasteiger partial charge in [0, 0.05) is 36.9 Å². The molecule has 0 N–H and O–H groups in total. The molecule has 0 atom stereocenters. The molecule has 288 valence electrons. The number of nitrogens with zero attached hydrogens (tertiary/aromatic N) is 3. The highest BCUT2D eigenvalue weighted by Crippen LogP contribution is 2.63. The van der Waals surface area contributed by atoms with Crippen LogP contribution >= 0.6 is 11.3 Å². The van der Waals surface area contributed by atoms with Gasteiger partial charge in [-0.3, -0.25) is 0 Å². The topological polar surface area (TPSA) is 38.7 Å². The summed E-state index contributed by atoms with van der Waals surface area (Å²) in [6.07, 6.45) is 0. The van der Waals surface area contributed by atoms with E-state index in [0.29, 0.717) is 17.5 Å². The van der Waals surface area contributed by atoms with E-state index in [9.17, 15) is 0 Å². The lowest BCUT2D eigenvalue weighted by Gasteiger charge is -2.30. The van der Waals surface area contributed by atoms with Gasteiger partial charge >= 0.3 is 0 Å². The van der Waals surface area contributed by atoms with Gasteiger partial charge in [0.05, 0.1) is 5.41 Å². The summed E-state index contributed by atoms with van der Waals surface area (Å²) in [5.74, 6) is 1.98. The lowest BCUT2D eigenvalue weighted by Crippen LogP contribution is -2.25. The lowest BCUT2D eigenvalue weighted by molar-refractivity contribution is 0.794. The Kier molecular flexibility index (Phi) is 7.69. The molecule has 13 rings (SSSR count). The van der Waals surface area contributed by atoms with E-state index in [0.717, 1.165) is 22.1 Å². The molecule has 11 aromatic rings. The first-order valence-electron chi connectivity index (χ1n) is 21.1. The zero-order valence-electron chi connectivity index (χ0n) is 33.5. The Morgan fingerprint density at radius 2 is 0.742 bits per heavy atom. The van der Waals surface area contributed by atoms with Gasteiger partial charge in [-0.1, -0.05) is 182 Å². The van der Waals surface area contributed by atoms with Crippen molar-refractivity contribution in [2.75, 3.05) is 0 Å². The minimum Gasteiger partial charge on any atom is -0.208 e. The first kappa shape index (κ1) is 35.0. The van der Waals surface area contributed by atoms with Gasteiger partial charge in [0.25, 0.3) is 0 Å². The molecule has 1 spiro atoms. The lowest BCUT2D eigenvalue weighted by atomic mass is 9.70. The Labute approximate surface area is 363 Å². The molecule has 2 heterocycles. The Bertz CT molecular complexity index is 3490. The molecule has 3 nitrogen and oxygen atoms in total. The van der Waals surface area contributed by atoms with Crippen LogP contribution in [-0.2, 0) is 5.41 Å². The van der Waals surface area contributed by atoms with E-state index < -0.39 is 0 Å². The number of thiophene rings is 1. The molecule has 9 aromatic carbocycles. The molecule has 0 unspecified atom stereocenters. The summed E-state index contributed by atoms with van der Waals surface area (Å²) < 4.78 is 2.43. The van der Waals surface area contributed by atoms with Crippen molar-refractivity contribution < 1.29 is 0 Å². The summed E-state index contributed by atoms with van der Waals surface area (Å²) in [7, 11) is 0. The molecule has 0 saturated carbocycles. The highest BCUT2D eigenvalue weighted by Gasteiger charge is 2.51. The molecule has 2 aliphatic rings. The van der Waals surface area contributed by atoms with E-state index in [-0.39, 0.29) is 5.41 Å². The second-order valence-corrected chi connectivity index (χ2v) is 17.3. The van der Waals surface area contributed by atoms with Gasteiger partial charge in [-0.2, -0.15) is 0 Å². The average molecular weight is 806 g/mol. The summed E-state index contributed by atoms with van der Waals surface area (Å²) in [5, 5.41) is 2.36. The average Bonchev–Trinajstić information content (AvgIpc) is 3.98. The van der Waals surface area contributed by atoms with Crippen molar-refractivity contribution in [1.82, 2.24) is 15.0 Å². The third-order valence-electron chi connectivity index (χ3n) is 13.0.